The maximum Gasteiger partial charge on any atom is 0.306 e. The van der Waals surface area contributed by atoms with Gasteiger partial charge in [-0.2, -0.15) is 0 Å². The monoisotopic (exact) mass is 348 g/mol. The fourth-order valence-electron chi connectivity index (χ4n) is 2.91. The van der Waals surface area contributed by atoms with Gasteiger partial charge in [-0.25, -0.2) is 0 Å². The number of benzene rings is 1. The van der Waals surface area contributed by atoms with Crippen molar-refractivity contribution in [3.63, 3.8) is 0 Å². The van der Waals surface area contributed by atoms with E-state index in [1.807, 2.05) is 44.2 Å². The van der Waals surface area contributed by atoms with Crippen LogP contribution >= 0.6 is 0 Å². The van der Waals surface area contributed by atoms with Gasteiger partial charge in [0.05, 0.1) is 12.7 Å². The van der Waals surface area contributed by atoms with E-state index < -0.39 is 0 Å². The minimum Gasteiger partial charge on any atom is -0.494 e. The van der Waals surface area contributed by atoms with Gasteiger partial charge in [0.25, 0.3) is 0 Å². The fraction of sp³-hybridized carbons (Fsp3) is 0.682. The molecule has 1 aromatic carbocycles. The summed E-state index contributed by atoms with van der Waals surface area (Å²) in [5, 5.41) is 0. The molecule has 1 atom stereocenters. The van der Waals surface area contributed by atoms with Gasteiger partial charge in [-0.15, -0.1) is 0 Å². The van der Waals surface area contributed by atoms with E-state index in [-0.39, 0.29) is 17.5 Å². The molecule has 0 saturated heterocycles. The molecule has 0 aliphatic rings. The molecule has 0 fully saturated rings. The molecule has 0 saturated carbocycles. The quantitative estimate of drug-likeness (QED) is 0.362. The van der Waals surface area contributed by atoms with Gasteiger partial charge in [0, 0.05) is 6.42 Å². The molecule has 25 heavy (non-hydrogen) atoms. The highest BCUT2D eigenvalue weighted by Crippen LogP contribution is 2.33. The van der Waals surface area contributed by atoms with E-state index in [4.69, 9.17) is 9.47 Å². The molecule has 0 aliphatic heterocycles. The molecule has 3 heteroatoms. The van der Waals surface area contributed by atoms with Crippen molar-refractivity contribution < 1.29 is 14.3 Å². The van der Waals surface area contributed by atoms with Crippen LogP contribution in [0.25, 0.3) is 0 Å². The Bertz CT molecular complexity index is 474. The number of carbonyl (C=O) groups excluding carboxylic acids is 1. The van der Waals surface area contributed by atoms with E-state index in [0.29, 0.717) is 12.3 Å². The molecule has 0 bridgehead atoms. The third-order valence-electron chi connectivity index (χ3n) is 4.46. The Hall–Kier alpha value is -1.51. The zero-order valence-corrected chi connectivity index (χ0v) is 16.7. The van der Waals surface area contributed by atoms with E-state index in [0.717, 1.165) is 31.6 Å². The molecule has 1 aromatic rings. The SMILES string of the molecule is CC(C)OC(=O)CC(CCCCCCOc1ccccc1)C(C)(C)C. The van der Waals surface area contributed by atoms with Crippen molar-refractivity contribution in [2.45, 2.75) is 79.2 Å². The van der Waals surface area contributed by atoms with Crippen LogP contribution in [0, 0.1) is 11.3 Å². The zero-order valence-electron chi connectivity index (χ0n) is 16.7. The molecule has 0 aromatic heterocycles. The molecular weight excluding hydrogens is 312 g/mol. The lowest BCUT2D eigenvalue weighted by Gasteiger charge is -2.30. The van der Waals surface area contributed by atoms with Gasteiger partial charge < -0.3 is 9.47 Å². The van der Waals surface area contributed by atoms with E-state index >= 15 is 0 Å². The van der Waals surface area contributed by atoms with E-state index in [2.05, 4.69) is 20.8 Å². The summed E-state index contributed by atoms with van der Waals surface area (Å²) in [7, 11) is 0. The largest absolute Gasteiger partial charge is 0.494 e. The molecule has 0 radical (unpaired) electrons. The van der Waals surface area contributed by atoms with E-state index in [1.54, 1.807) is 0 Å². The van der Waals surface area contributed by atoms with E-state index in [9.17, 15) is 4.79 Å². The summed E-state index contributed by atoms with van der Waals surface area (Å²) in [6, 6.07) is 9.96. The van der Waals surface area contributed by atoms with Crippen molar-refractivity contribution >= 4 is 5.97 Å². The molecular formula is C22H36O3. The van der Waals surface area contributed by atoms with Crippen molar-refractivity contribution in [1.82, 2.24) is 0 Å². The number of ether oxygens (including phenoxy) is 2. The van der Waals surface area contributed by atoms with Crippen LogP contribution in [0.4, 0.5) is 0 Å². The van der Waals surface area contributed by atoms with Crippen LogP contribution in [0.2, 0.25) is 0 Å². The summed E-state index contributed by atoms with van der Waals surface area (Å²) in [6.45, 7) is 11.2. The normalized spacial score (nSPS) is 12.9. The first kappa shape index (κ1) is 21.5. The molecule has 0 spiro atoms. The lowest BCUT2D eigenvalue weighted by Crippen LogP contribution is -2.25. The Morgan fingerprint density at radius 1 is 1.00 bits per heavy atom. The van der Waals surface area contributed by atoms with Crippen LogP contribution < -0.4 is 4.74 Å². The van der Waals surface area contributed by atoms with Gasteiger partial charge in [0.15, 0.2) is 0 Å². The highest BCUT2D eigenvalue weighted by Gasteiger charge is 2.27. The third kappa shape index (κ3) is 10.2. The number of rotatable bonds is 11. The number of hydrogen-bond acceptors (Lipinski definition) is 3. The molecule has 3 nitrogen and oxygen atoms in total. The second-order valence-electron chi connectivity index (χ2n) is 8.17. The molecule has 1 rings (SSSR count). The Balaban J connectivity index is 2.20. The molecule has 0 N–H and O–H groups in total. The van der Waals surface area contributed by atoms with Crippen LogP contribution in [0.15, 0.2) is 30.3 Å². The van der Waals surface area contributed by atoms with Gasteiger partial charge in [-0.1, -0.05) is 58.2 Å². The Morgan fingerprint density at radius 2 is 1.64 bits per heavy atom. The summed E-state index contributed by atoms with van der Waals surface area (Å²) in [5.41, 5.74) is 0.131. The average Bonchev–Trinajstić information content (AvgIpc) is 2.52. The standard InChI is InChI=1S/C22H36O3/c1-18(2)25-21(23)17-19(22(3,4)5)13-9-6-7-12-16-24-20-14-10-8-11-15-20/h8,10-11,14-15,18-19H,6-7,9,12-13,16-17H2,1-5H3. The van der Waals surface area contributed by atoms with Crippen molar-refractivity contribution in [2.75, 3.05) is 6.61 Å². The minimum absolute atomic E-state index is 0.0299. The highest BCUT2D eigenvalue weighted by atomic mass is 16.5. The zero-order chi connectivity index (χ0) is 18.7. The van der Waals surface area contributed by atoms with Gasteiger partial charge in [0.2, 0.25) is 0 Å². The molecule has 0 heterocycles. The number of esters is 1. The maximum absolute atomic E-state index is 12.0. The van der Waals surface area contributed by atoms with Crippen LogP contribution in [0.5, 0.6) is 5.75 Å². The van der Waals surface area contributed by atoms with Crippen molar-refractivity contribution in [2.24, 2.45) is 11.3 Å². The second-order valence-corrected chi connectivity index (χ2v) is 8.17. The Kier molecular flexibility index (Phi) is 9.62. The Labute approximate surface area is 154 Å². The summed E-state index contributed by atoms with van der Waals surface area (Å²) in [4.78, 5) is 12.0. The average molecular weight is 349 g/mol. The first-order valence-corrected chi connectivity index (χ1v) is 9.66. The lowest BCUT2D eigenvalue weighted by molar-refractivity contribution is -0.149. The number of hydrogen-bond donors (Lipinski definition) is 0. The highest BCUT2D eigenvalue weighted by molar-refractivity contribution is 5.69. The smallest absolute Gasteiger partial charge is 0.306 e. The van der Waals surface area contributed by atoms with Crippen molar-refractivity contribution in [1.29, 1.82) is 0 Å². The minimum atomic E-state index is -0.0637. The topological polar surface area (TPSA) is 35.5 Å². The van der Waals surface area contributed by atoms with Gasteiger partial charge in [0.1, 0.15) is 5.75 Å². The van der Waals surface area contributed by atoms with Crippen molar-refractivity contribution in [3.8, 4) is 5.75 Å². The van der Waals surface area contributed by atoms with Crippen LogP contribution in [-0.2, 0) is 9.53 Å². The number of para-hydroxylation sites is 1. The number of unbranched alkanes of at least 4 members (excludes halogenated alkanes) is 3. The van der Waals surface area contributed by atoms with Crippen LogP contribution in [-0.4, -0.2) is 18.7 Å². The first-order valence-electron chi connectivity index (χ1n) is 9.66. The maximum atomic E-state index is 12.0. The first-order chi connectivity index (χ1) is 11.8. The molecule has 142 valence electrons. The summed E-state index contributed by atoms with van der Waals surface area (Å²) < 4.78 is 11.0. The predicted molar refractivity (Wildman–Crippen MR) is 104 cm³/mol. The molecule has 0 amide bonds. The molecule has 0 aliphatic carbocycles. The summed E-state index contributed by atoms with van der Waals surface area (Å²) in [5.74, 6) is 1.25. The van der Waals surface area contributed by atoms with E-state index in [1.165, 1.54) is 12.8 Å². The summed E-state index contributed by atoms with van der Waals surface area (Å²) >= 11 is 0. The number of carbonyl (C=O) groups is 1. The third-order valence-corrected chi connectivity index (χ3v) is 4.46. The van der Waals surface area contributed by atoms with Crippen LogP contribution in [0.1, 0.15) is 73.1 Å². The van der Waals surface area contributed by atoms with Crippen molar-refractivity contribution in [3.05, 3.63) is 30.3 Å². The fourth-order valence-corrected chi connectivity index (χ4v) is 2.91. The second kappa shape index (κ2) is 11.2. The predicted octanol–water partition coefficient (Wildman–Crippen LogP) is 6.02. The Morgan fingerprint density at radius 3 is 2.24 bits per heavy atom. The molecule has 1 unspecified atom stereocenters. The van der Waals surface area contributed by atoms with Gasteiger partial charge in [-0.3, -0.25) is 4.79 Å². The summed E-state index contributed by atoms with van der Waals surface area (Å²) in [6.07, 6.45) is 6.16. The van der Waals surface area contributed by atoms with Gasteiger partial charge >= 0.3 is 5.97 Å². The van der Waals surface area contributed by atoms with Crippen LogP contribution in [0.3, 0.4) is 0 Å². The van der Waals surface area contributed by atoms with Gasteiger partial charge in [-0.05, 0) is 50.2 Å². The lowest BCUT2D eigenvalue weighted by atomic mass is 9.76.